The molecule has 6 nitrogen and oxygen atoms in total. The summed E-state index contributed by atoms with van der Waals surface area (Å²) >= 11 is 0. The van der Waals surface area contributed by atoms with Gasteiger partial charge in [0, 0.05) is 29.8 Å². The molecule has 1 N–H and O–H groups in total. The Morgan fingerprint density at radius 3 is 2.65 bits per heavy atom. The standard InChI is InChI=1S/C20H21N5O/c1-3-25-17(12-16(24-25)14-9-10-14)20(26)23-18-11-13(2)21-19(22-18)15-7-5-4-6-8-15/h4-8,11-12,14H,3,9-10H2,1-2H3,(H,21,22,23,26). The molecular weight excluding hydrogens is 326 g/mol. The van der Waals surface area contributed by atoms with Crippen molar-refractivity contribution in [1.82, 2.24) is 19.7 Å². The Balaban J connectivity index is 1.61. The summed E-state index contributed by atoms with van der Waals surface area (Å²) in [7, 11) is 0. The minimum atomic E-state index is -0.191. The molecule has 0 atom stereocenters. The summed E-state index contributed by atoms with van der Waals surface area (Å²) in [5, 5.41) is 7.46. The zero-order valence-corrected chi connectivity index (χ0v) is 14.9. The molecule has 1 aliphatic carbocycles. The summed E-state index contributed by atoms with van der Waals surface area (Å²) < 4.78 is 1.76. The van der Waals surface area contributed by atoms with Crippen LogP contribution in [0.25, 0.3) is 11.4 Å². The molecule has 0 spiro atoms. The van der Waals surface area contributed by atoms with Gasteiger partial charge in [0.2, 0.25) is 0 Å². The highest BCUT2D eigenvalue weighted by Gasteiger charge is 2.28. The van der Waals surface area contributed by atoms with E-state index in [1.165, 1.54) is 0 Å². The van der Waals surface area contributed by atoms with Crippen molar-refractivity contribution in [1.29, 1.82) is 0 Å². The Kier molecular flexibility index (Phi) is 4.24. The summed E-state index contributed by atoms with van der Waals surface area (Å²) in [6.45, 7) is 4.54. The van der Waals surface area contributed by atoms with E-state index in [2.05, 4.69) is 20.4 Å². The third-order valence-corrected chi connectivity index (χ3v) is 4.45. The summed E-state index contributed by atoms with van der Waals surface area (Å²) in [5.74, 6) is 1.42. The summed E-state index contributed by atoms with van der Waals surface area (Å²) in [6, 6.07) is 13.4. The lowest BCUT2D eigenvalue weighted by Crippen LogP contribution is -2.18. The molecule has 3 aromatic rings. The van der Waals surface area contributed by atoms with E-state index in [4.69, 9.17) is 0 Å². The third-order valence-electron chi connectivity index (χ3n) is 4.45. The van der Waals surface area contributed by atoms with Crippen LogP contribution in [0.4, 0.5) is 5.82 Å². The van der Waals surface area contributed by atoms with Gasteiger partial charge in [-0.2, -0.15) is 5.10 Å². The van der Waals surface area contributed by atoms with E-state index in [1.807, 2.05) is 50.2 Å². The number of aryl methyl sites for hydroxylation is 2. The van der Waals surface area contributed by atoms with Crippen molar-refractivity contribution >= 4 is 11.7 Å². The van der Waals surface area contributed by atoms with E-state index >= 15 is 0 Å². The number of amides is 1. The van der Waals surface area contributed by atoms with E-state index < -0.39 is 0 Å². The van der Waals surface area contributed by atoms with E-state index in [1.54, 1.807) is 10.7 Å². The van der Waals surface area contributed by atoms with Gasteiger partial charge in [0.15, 0.2) is 5.82 Å². The number of nitrogens with one attached hydrogen (secondary N) is 1. The zero-order chi connectivity index (χ0) is 18.1. The van der Waals surface area contributed by atoms with Crippen LogP contribution in [-0.2, 0) is 6.54 Å². The summed E-state index contributed by atoms with van der Waals surface area (Å²) in [6.07, 6.45) is 2.32. The van der Waals surface area contributed by atoms with Crippen LogP contribution in [0.5, 0.6) is 0 Å². The molecule has 2 aromatic heterocycles. The highest BCUT2D eigenvalue weighted by molar-refractivity contribution is 6.02. The van der Waals surface area contributed by atoms with Crippen molar-refractivity contribution in [2.45, 2.75) is 39.2 Å². The predicted molar refractivity (Wildman–Crippen MR) is 100 cm³/mol. The van der Waals surface area contributed by atoms with Gasteiger partial charge in [0.05, 0.1) is 5.69 Å². The molecule has 0 unspecified atom stereocenters. The lowest BCUT2D eigenvalue weighted by molar-refractivity contribution is 0.101. The highest BCUT2D eigenvalue weighted by Crippen LogP contribution is 2.39. The zero-order valence-electron chi connectivity index (χ0n) is 14.9. The Hall–Kier alpha value is -3.02. The monoisotopic (exact) mass is 347 g/mol. The minimum Gasteiger partial charge on any atom is -0.305 e. The van der Waals surface area contributed by atoms with Crippen molar-refractivity contribution in [2.75, 3.05) is 5.32 Å². The first-order chi connectivity index (χ1) is 12.6. The van der Waals surface area contributed by atoms with Crippen LogP contribution in [0.15, 0.2) is 42.5 Å². The first kappa shape index (κ1) is 16.4. The van der Waals surface area contributed by atoms with Crippen LogP contribution in [0.3, 0.4) is 0 Å². The quantitative estimate of drug-likeness (QED) is 0.762. The molecule has 1 amide bonds. The molecule has 1 aliphatic rings. The number of nitrogens with zero attached hydrogens (tertiary/aromatic N) is 4. The number of anilines is 1. The van der Waals surface area contributed by atoms with E-state index in [0.29, 0.717) is 29.8 Å². The molecule has 6 heteroatoms. The largest absolute Gasteiger partial charge is 0.305 e. The van der Waals surface area contributed by atoms with Gasteiger partial charge in [-0.15, -0.1) is 0 Å². The molecule has 26 heavy (non-hydrogen) atoms. The van der Waals surface area contributed by atoms with E-state index in [0.717, 1.165) is 29.8 Å². The predicted octanol–water partition coefficient (Wildman–Crippen LogP) is 3.80. The van der Waals surface area contributed by atoms with Crippen molar-refractivity contribution in [2.24, 2.45) is 0 Å². The fraction of sp³-hybridized carbons (Fsp3) is 0.300. The van der Waals surface area contributed by atoms with Gasteiger partial charge < -0.3 is 5.32 Å². The van der Waals surface area contributed by atoms with Crippen LogP contribution in [-0.4, -0.2) is 25.7 Å². The van der Waals surface area contributed by atoms with Crippen LogP contribution in [0.1, 0.15) is 47.6 Å². The van der Waals surface area contributed by atoms with Gasteiger partial charge in [-0.05, 0) is 32.8 Å². The number of hydrogen-bond donors (Lipinski definition) is 1. The van der Waals surface area contributed by atoms with Crippen LogP contribution < -0.4 is 5.32 Å². The van der Waals surface area contributed by atoms with Gasteiger partial charge in [-0.3, -0.25) is 9.48 Å². The SMILES string of the molecule is CCn1nc(C2CC2)cc1C(=O)Nc1cc(C)nc(-c2ccccc2)n1. The Labute approximate surface area is 152 Å². The average molecular weight is 347 g/mol. The van der Waals surface area contributed by atoms with Crippen molar-refractivity contribution in [3.63, 3.8) is 0 Å². The number of hydrogen-bond acceptors (Lipinski definition) is 4. The molecule has 0 aliphatic heterocycles. The summed E-state index contributed by atoms with van der Waals surface area (Å²) in [4.78, 5) is 21.8. The maximum atomic E-state index is 12.8. The minimum absolute atomic E-state index is 0.191. The van der Waals surface area contributed by atoms with E-state index in [9.17, 15) is 4.79 Å². The fourth-order valence-electron chi connectivity index (χ4n) is 2.97. The molecule has 2 heterocycles. The molecule has 132 valence electrons. The van der Waals surface area contributed by atoms with Crippen molar-refractivity contribution in [3.8, 4) is 11.4 Å². The fourth-order valence-corrected chi connectivity index (χ4v) is 2.97. The molecule has 0 bridgehead atoms. The molecule has 4 rings (SSSR count). The Morgan fingerprint density at radius 1 is 1.19 bits per heavy atom. The maximum Gasteiger partial charge on any atom is 0.275 e. The maximum absolute atomic E-state index is 12.8. The molecule has 0 saturated heterocycles. The smallest absolute Gasteiger partial charge is 0.275 e. The summed E-state index contributed by atoms with van der Waals surface area (Å²) in [5.41, 5.74) is 3.31. The van der Waals surface area contributed by atoms with Crippen molar-refractivity contribution < 1.29 is 4.79 Å². The molecule has 1 fully saturated rings. The number of rotatable bonds is 5. The second-order valence-corrected chi connectivity index (χ2v) is 6.58. The first-order valence-electron chi connectivity index (χ1n) is 8.94. The second-order valence-electron chi connectivity index (χ2n) is 6.58. The van der Waals surface area contributed by atoms with Crippen molar-refractivity contribution in [3.05, 3.63) is 59.5 Å². The Bertz CT molecular complexity index is 944. The van der Waals surface area contributed by atoms with Gasteiger partial charge in [-0.25, -0.2) is 9.97 Å². The van der Waals surface area contributed by atoms with Gasteiger partial charge in [0.25, 0.3) is 5.91 Å². The average Bonchev–Trinajstić information content (AvgIpc) is 3.40. The normalized spacial score (nSPS) is 13.6. The third kappa shape index (κ3) is 3.35. The van der Waals surface area contributed by atoms with Crippen LogP contribution in [0, 0.1) is 6.92 Å². The van der Waals surface area contributed by atoms with E-state index in [-0.39, 0.29) is 5.91 Å². The number of benzene rings is 1. The highest BCUT2D eigenvalue weighted by atomic mass is 16.2. The number of aromatic nitrogens is 4. The topological polar surface area (TPSA) is 72.7 Å². The first-order valence-corrected chi connectivity index (χ1v) is 8.94. The van der Waals surface area contributed by atoms with Crippen LogP contribution >= 0.6 is 0 Å². The molecule has 1 saturated carbocycles. The molecule has 1 aromatic carbocycles. The molecular formula is C20H21N5O. The van der Waals surface area contributed by atoms with Gasteiger partial charge >= 0.3 is 0 Å². The van der Waals surface area contributed by atoms with Gasteiger partial charge in [0.1, 0.15) is 11.5 Å². The Morgan fingerprint density at radius 2 is 1.96 bits per heavy atom. The van der Waals surface area contributed by atoms with Gasteiger partial charge in [-0.1, -0.05) is 30.3 Å². The second kappa shape index (κ2) is 6.71. The lowest BCUT2D eigenvalue weighted by Gasteiger charge is -2.08. The number of carbonyl (C=O) groups excluding carboxylic acids is 1. The lowest BCUT2D eigenvalue weighted by atomic mass is 10.2. The molecule has 0 radical (unpaired) electrons. The number of carbonyl (C=O) groups is 1. The van der Waals surface area contributed by atoms with Crippen LogP contribution in [0.2, 0.25) is 0 Å².